The van der Waals surface area contributed by atoms with Gasteiger partial charge in [-0.2, -0.15) is 4.31 Å². The van der Waals surface area contributed by atoms with Crippen molar-refractivity contribution in [3.05, 3.63) is 53.3 Å². The first-order valence-electron chi connectivity index (χ1n) is 8.35. The number of nitrogens with zero attached hydrogens (tertiary/aromatic N) is 1. The van der Waals surface area contributed by atoms with E-state index in [1.807, 2.05) is 0 Å². The number of benzene rings is 2. The highest BCUT2D eigenvalue weighted by atomic mass is 35.5. The Morgan fingerprint density at radius 3 is 2.56 bits per heavy atom. The quantitative estimate of drug-likeness (QED) is 0.790. The van der Waals surface area contributed by atoms with Crippen molar-refractivity contribution in [1.82, 2.24) is 4.31 Å². The van der Waals surface area contributed by atoms with Gasteiger partial charge in [0.2, 0.25) is 10.0 Å². The van der Waals surface area contributed by atoms with E-state index in [0.29, 0.717) is 13.1 Å². The standard InChI is InChI=1S/C18H18ClFN2O4S/c19-14-11-13(27(24,25)22-9-3-4-10-22)7-8-17(14)26-12-18(23)21-16-6-2-1-5-15(16)20/h1-2,5-8,11H,3-4,9-10,12H2,(H,21,23). The second-order valence-corrected chi connectivity index (χ2v) is 8.37. The van der Waals surface area contributed by atoms with Crippen LogP contribution >= 0.6 is 11.6 Å². The van der Waals surface area contributed by atoms with Gasteiger partial charge in [-0.3, -0.25) is 4.79 Å². The molecule has 3 rings (SSSR count). The molecule has 2 aromatic rings. The van der Waals surface area contributed by atoms with Gasteiger partial charge in [-0.05, 0) is 43.2 Å². The molecule has 1 amide bonds. The number of ether oxygens (including phenoxy) is 1. The molecule has 1 aliphatic heterocycles. The molecule has 0 unspecified atom stereocenters. The van der Waals surface area contributed by atoms with E-state index >= 15 is 0 Å². The van der Waals surface area contributed by atoms with Crippen molar-refractivity contribution in [3.63, 3.8) is 0 Å². The van der Waals surface area contributed by atoms with Crippen LogP contribution < -0.4 is 10.1 Å². The highest BCUT2D eigenvalue weighted by Gasteiger charge is 2.27. The van der Waals surface area contributed by atoms with Gasteiger partial charge in [-0.15, -0.1) is 0 Å². The Balaban J connectivity index is 1.64. The molecule has 0 saturated carbocycles. The summed E-state index contributed by atoms with van der Waals surface area (Å²) in [5.41, 5.74) is 0.0456. The highest BCUT2D eigenvalue weighted by molar-refractivity contribution is 7.89. The maximum absolute atomic E-state index is 13.5. The van der Waals surface area contributed by atoms with Crippen LogP contribution in [0.5, 0.6) is 5.75 Å². The van der Waals surface area contributed by atoms with Crippen molar-refractivity contribution < 1.29 is 22.3 Å². The first-order valence-corrected chi connectivity index (χ1v) is 10.2. The van der Waals surface area contributed by atoms with E-state index in [0.717, 1.165) is 12.8 Å². The number of carbonyl (C=O) groups excluding carboxylic acids is 1. The molecule has 0 radical (unpaired) electrons. The molecule has 0 bridgehead atoms. The Hall–Kier alpha value is -2.16. The first kappa shape index (κ1) is 19.6. The van der Waals surface area contributed by atoms with Crippen LogP contribution in [0.25, 0.3) is 0 Å². The molecule has 1 N–H and O–H groups in total. The minimum atomic E-state index is -3.58. The van der Waals surface area contributed by atoms with Gasteiger partial charge in [0, 0.05) is 13.1 Å². The molecule has 1 aliphatic rings. The molecular formula is C18H18ClFN2O4S. The van der Waals surface area contributed by atoms with Crippen molar-refractivity contribution in [2.75, 3.05) is 25.0 Å². The van der Waals surface area contributed by atoms with Crippen LogP contribution in [0.4, 0.5) is 10.1 Å². The van der Waals surface area contributed by atoms with Gasteiger partial charge in [0.05, 0.1) is 15.6 Å². The van der Waals surface area contributed by atoms with Crippen LogP contribution in [0.3, 0.4) is 0 Å². The fraction of sp³-hybridized carbons (Fsp3) is 0.278. The average Bonchev–Trinajstić information content (AvgIpc) is 3.18. The number of hydrogen-bond donors (Lipinski definition) is 1. The summed E-state index contributed by atoms with van der Waals surface area (Å²) in [4.78, 5) is 12.0. The summed E-state index contributed by atoms with van der Waals surface area (Å²) in [7, 11) is -3.58. The predicted octanol–water partition coefficient (Wildman–Crippen LogP) is 3.28. The van der Waals surface area contributed by atoms with E-state index in [4.69, 9.17) is 16.3 Å². The fourth-order valence-corrected chi connectivity index (χ4v) is 4.57. The van der Waals surface area contributed by atoms with Gasteiger partial charge in [-0.25, -0.2) is 12.8 Å². The lowest BCUT2D eigenvalue weighted by Gasteiger charge is -2.16. The Kier molecular flexibility index (Phi) is 5.98. The zero-order chi connectivity index (χ0) is 19.4. The third-order valence-electron chi connectivity index (χ3n) is 4.11. The van der Waals surface area contributed by atoms with Crippen LogP contribution in [0.15, 0.2) is 47.4 Å². The summed E-state index contributed by atoms with van der Waals surface area (Å²) >= 11 is 6.11. The number of nitrogens with one attached hydrogen (secondary N) is 1. The van der Waals surface area contributed by atoms with Gasteiger partial charge in [0.1, 0.15) is 11.6 Å². The Labute approximate surface area is 161 Å². The van der Waals surface area contributed by atoms with E-state index in [1.54, 1.807) is 6.07 Å². The smallest absolute Gasteiger partial charge is 0.262 e. The van der Waals surface area contributed by atoms with E-state index in [-0.39, 0.29) is 21.4 Å². The molecule has 27 heavy (non-hydrogen) atoms. The van der Waals surface area contributed by atoms with Gasteiger partial charge in [-0.1, -0.05) is 23.7 Å². The Morgan fingerprint density at radius 1 is 1.19 bits per heavy atom. The van der Waals surface area contributed by atoms with Crippen molar-refractivity contribution in [2.24, 2.45) is 0 Å². The van der Waals surface area contributed by atoms with Gasteiger partial charge in [0.25, 0.3) is 5.91 Å². The van der Waals surface area contributed by atoms with Gasteiger partial charge in [0.15, 0.2) is 6.61 Å². The number of carbonyl (C=O) groups is 1. The van der Waals surface area contributed by atoms with Crippen molar-refractivity contribution in [2.45, 2.75) is 17.7 Å². The van der Waals surface area contributed by atoms with Crippen LogP contribution in [-0.2, 0) is 14.8 Å². The Morgan fingerprint density at radius 2 is 1.89 bits per heavy atom. The van der Waals surface area contributed by atoms with Crippen LogP contribution in [0.1, 0.15) is 12.8 Å². The predicted molar refractivity (Wildman–Crippen MR) is 100.0 cm³/mol. The van der Waals surface area contributed by atoms with Gasteiger partial charge < -0.3 is 10.1 Å². The second-order valence-electron chi connectivity index (χ2n) is 6.02. The minimum absolute atomic E-state index is 0.0456. The maximum atomic E-state index is 13.5. The molecule has 0 atom stereocenters. The largest absolute Gasteiger partial charge is 0.482 e. The maximum Gasteiger partial charge on any atom is 0.262 e. The highest BCUT2D eigenvalue weighted by Crippen LogP contribution is 2.30. The summed E-state index contributed by atoms with van der Waals surface area (Å²) in [6, 6.07) is 9.87. The molecule has 0 spiro atoms. The summed E-state index contributed by atoms with van der Waals surface area (Å²) in [5, 5.41) is 2.47. The fourth-order valence-electron chi connectivity index (χ4n) is 2.73. The Bertz CT molecular complexity index is 946. The van der Waals surface area contributed by atoms with Crippen LogP contribution in [0.2, 0.25) is 5.02 Å². The van der Waals surface area contributed by atoms with Crippen LogP contribution in [0, 0.1) is 5.82 Å². The van der Waals surface area contributed by atoms with Crippen molar-refractivity contribution >= 4 is 33.2 Å². The number of sulfonamides is 1. The lowest BCUT2D eigenvalue weighted by atomic mass is 10.3. The molecule has 1 saturated heterocycles. The summed E-state index contributed by atoms with van der Waals surface area (Å²) in [5.74, 6) is -0.953. The molecule has 2 aromatic carbocycles. The molecule has 1 heterocycles. The molecule has 6 nitrogen and oxygen atoms in total. The summed E-state index contributed by atoms with van der Waals surface area (Å²) < 4.78 is 45.3. The molecule has 9 heteroatoms. The minimum Gasteiger partial charge on any atom is -0.482 e. The first-order chi connectivity index (χ1) is 12.9. The lowest BCUT2D eigenvalue weighted by molar-refractivity contribution is -0.118. The third kappa shape index (κ3) is 4.58. The molecule has 0 aliphatic carbocycles. The average molecular weight is 413 g/mol. The second kappa shape index (κ2) is 8.24. The molecule has 0 aromatic heterocycles. The monoisotopic (exact) mass is 412 g/mol. The number of halogens is 2. The zero-order valence-electron chi connectivity index (χ0n) is 14.3. The van der Waals surface area contributed by atoms with Crippen LogP contribution in [-0.4, -0.2) is 38.3 Å². The zero-order valence-corrected chi connectivity index (χ0v) is 15.9. The van der Waals surface area contributed by atoms with E-state index in [2.05, 4.69) is 5.32 Å². The van der Waals surface area contributed by atoms with E-state index in [9.17, 15) is 17.6 Å². The topological polar surface area (TPSA) is 75.7 Å². The number of hydrogen-bond acceptors (Lipinski definition) is 4. The van der Waals surface area contributed by atoms with Crippen molar-refractivity contribution in [3.8, 4) is 5.75 Å². The van der Waals surface area contributed by atoms with E-state index < -0.39 is 28.4 Å². The van der Waals surface area contributed by atoms with Gasteiger partial charge >= 0.3 is 0 Å². The number of para-hydroxylation sites is 1. The summed E-state index contributed by atoms with van der Waals surface area (Å²) in [6.45, 7) is 0.592. The molecule has 144 valence electrons. The number of anilines is 1. The summed E-state index contributed by atoms with van der Waals surface area (Å²) in [6.07, 6.45) is 1.68. The van der Waals surface area contributed by atoms with E-state index in [1.165, 1.54) is 40.7 Å². The number of amides is 1. The molecule has 1 fully saturated rings. The third-order valence-corrected chi connectivity index (χ3v) is 6.30. The lowest BCUT2D eigenvalue weighted by Crippen LogP contribution is -2.27. The molecular weight excluding hydrogens is 395 g/mol. The number of rotatable bonds is 6. The normalized spacial score (nSPS) is 14.9. The SMILES string of the molecule is O=C(COc1ccc(S(=O)(=O)N2CCCC2)cc1Cl)Nc1ccccc1F. The van der Waals surface area contributed by atoms with Crippen molar-refractivity contribution in [1.29, 1.82) is 0 Å².